The molecule has 0 spiro atoms. The first-order valence-corrected chi connectivity index (χ1v) is 6.48. The predicted octanol–water partition coefficient (Wildman–Crippen LogP) is 3.48. The number of rotatable bonds is 2. The van der Waals surface area contributed by atoms with Gasteiger partial charge in [0.15, 0.2) is 5.78 Å². The van der Waals surface area contributed by atoms with E-state index in [4.69, 9.17) is 0 Å². The Morgan fingerprint density at radius 2 is 1.75 bits per heavy atom. The summed E-state index contributed by atoms with van der Waals surface area (Å²) < 4.78 is 0. The van der Waals surface area contributed by atoms with Crippen molar-refractivity contribution < 1.29 is 4.79 Å². The first kappa shape index (κ1) is 12.5. The summed E-state index contributed by atoms with van der Waals surface area (Å²) in [5.74, 6) is -0.00250. The topological polar surface area (TPSA) is 42.9 Å². The van der Waals surface area contributed by atoms with E-state index in [1.54, 1.807) is 18.5 Å². The number of aryl methyl sites for hydroxylation is 2. The molecule has 0 aliphatic rings. The Labute approximate surface area is 117 Å². The molecule has 0 atom stereocenters. The second kappa shape index (κ2) is 4.85. The second-order valence-electron chi connectivity index (χ2n) is 4.88. The Balaban J connectivity index is 2.20. The molecule has 20 heavy (non-hydrogen) atoms. The number of aromatic nitrogens is 2. The number of para-hydroxylation sites is 1. The number of benzene rings is 2. The van der Waals surface area contributed by atoms with Crippen molar-refractivity contribution in [3.05, 3.63) is 71.0 Å². The van der Waals surface area contributed by atoms with Gasteiger partial charge in [0, 0.05) is 18.0 Å². The fourth-order valence-electron chi connectivity index (χ4n) is 2.30. The lowest BCUT2D eigenvalue weighted by molar-refractivity contribution is 0.103. The maximum Gasteiger partial charge on any atom is 0.195 e. The third-order valence-corrected chi connectivity index (χ3v) is 3.38. The summed E-state index contributed by atoms with van der Waals surface area (Å²) in [6, 6.07) is 11.4. The van der Waals surface area contributed by atoms with Crippen LogP contribution in [0.1, 0.15) is 27.0 Å². The smallest absolute Gasteiger partial charge is 0.195 e. The maximum absolute atomic E-state index is 12.8. The van der Waals surface area contributed by atoms with Crippen LogP contribution in [0.5, 0.6) is 0 Å². The number of carbonyl (C=O) groups is 1. The van der Waals surface area contributed by atoms with Crippen LogP contribution in [0.25, 0.3) is 11.0 Å². The van der Waals surface area contributed by atoms with Crippen molar-refractivity contribution in [3.63, 3.8) is 0 Å². The molecule has 1 aromatic heterocycles. The van der Waals surface area contributed by atoms with Gasteiger partial charge in [0.25, 0.3) is 0 Å². The Bertz CT molecular complexity index is 804. The van der Waals surface area contributed by atoms with Gasteiger partial charge in [-0.05, 0) is 37.6 Å². The van der Waals surface area contributed by atoms with Crippen molar-refractivity contribution in [2.75, 3.05) is 0 Å². The molecular formula is C17H14N2O. The summed E-state index contributed by atoms with van der Waals surface area (Å²) in [5, 5.41) is 0. The predicted molar refractivity (Wildman–Crippen MR) is 78.9 cm³/mol. The van der Waals surface area contributed by atoms with E-state index in [-0.39, 0.29) is 5.78 Å². The van der Waals surface area contributed by atoms with E-state index < -0.39 is 0 Å². The quantitative estimate of drug-likeness (QED) is 0.664. The van der Waals surface area contributed by atoms with Crippen molar-refractivity contribution in [3.8, 4) is 0 Å². The molecule has 0 N–H and O–H groups in total. The number of carbonyl (C=O) groups excluding carboxylic acids is 1. The van der Waals surface area contributed by atoms with Crippen LogP contribution in [0, 0.1) is 13.8 Å². The molecule has 3 rings (SSSR count). The Hall–Kier alpha value is -2.55. The minimum Gasteiger partial charge on any atom is -0.289 e. The maximum atomic E-state index is 12.8. The highest BCUT2D eigenvalue weighted by Crippen LogP contribution is 2.20. The molecule has 0 bridgehead atoms. The van der Waals surface area contributed by atoms with E-state index in [1.807, 2.05) is 44.2 Å². The lowest BCUT2D eigenvalue weighted by atomic mass is 9.96. The SMILES string of the molecule is Cc1ccc(C)c(C(=O)c2cccc3nccnc23)c1. The van der Waals surface area contributed by atoms with Crippen LogP contribution in [0.3, 0.4) is 0 Å². The van der Waals surface area contributed by atoms with Gasteiger partial charge in [0.05, 0.1) is 16.6 Å². The van der Waals surface area contributed by atoms with Crippen LogP contribution < -0.4 is 0 Å². The molecule has 2 aromatic carbocycles. The highest BCUT2D eigenvalue weighted by atomic mass is 16.1. The van der Waals surface area contributed by atoms with Crippen molar-refractivity contribution >= 4 is 16.8 Å². The lowest BCUT2D eigenvalue weighted by Crippen LogP contribution is -2.06. The minimum atomic E-state index is -0.00250. The second-order valence-corrected chi connectivity index (χ2v) is 4.88. The van der Waals surface area contributed by atoms with Gasteiger partial charge in [-0.25, -0.2) is 0 Å². The number of fused-ring (bicyclic) bond motifs is 1. The zero-order chi connectivity index (χ0) is 14.1. The molecule has 0 saturated heterocycles. The van der Waals surface area contributed by atoms with Gasteiger partial charge in [-0.1, -0.05) is 23.8 Å². The lowest BCUT2D eigenvalue weighted by Gasteiger charge is -2.08. The van der Waals surface area contributed by atoms with E-state index in [0.29, 0.717) is 11.1 Å². The largest absolute Gasteiger partial charge is 0.289 e. The molecule has 3 aromatic rings. The number of ketones is 1. The van der Waals surface area contributed by atoms with Crippen LogP contribution >= 0.6 is 0 Å². The van der Waals surface area contributed by atoms with Crippen LogP contribution in [-0.4, -0.2) is 15.8 Å². The molecule has 3 nitrogen and oxygen atoms in total. The zero-order valence-electron chi connectivity index (χ0n) is 11.4. The van der Waals surface area contributed by atoms with Crippen molar-refractivity contribution in [2.45, 2.75) is 13.8 Å². The van der Waals surface area contributed by atoms with Crippen LogP contribution in [0.2, 0.25) is 0 Å². The summed E-state index contributed by atoms with van der Waals surface area (Å²) in [7, 11) is 0. The van der Waals surface area contributed by atoms with E-state index in [2.05, 4.69) is 9.97 Å². The molecule has 0 aliphatic heterocycles. The normalized spacial score (nSPS) is 10.7. The summed E-state index contributed by atoms with van der Waals surface area (Å²) in [5.41, 5.74) is 4.77. The van der Waals surface area contributed by atoms with Crippen molar-refractivity contribution in [1.82, 2.24) is 9.97 Å². The summed E-state index contributed by atoms with van der Waals surface area (Å²) in [6.45, 7) is 3.93. The monoisotopic (exact) mass is 262 g/mol. The van der Waals surface area contributed by atoms with Crippen LogP contribution in [-0.2, 0) is 0 Å². The summed E-state index contributed by atoms with van der Waals surface area (Å²) in [4.78, 5) is 21.3. The Morgan fingerprint density at radius 1 is 0.950 bits per heavy atom. The van der Waals surface area contributed by atoms with Gasteiger partial charge in [0.1, 0.15) is 0 Å². The molecule has 1 heterocycles. The highest BCUT2D eigenvalue weighted by Gasteiger charge is 2.15. The average Bonchev–Trinajstić information content (AvgIpc) is 2.48. The summed E-state index contributed by atoms with van der Waals surface area (Å²) >= 11 is 0. The van der Waals surface area contributed by atoms with Crippen LogP contribution in [0.15, 0.2) is 48.8 Å². The molecular weight excluding hydrogens is 248 g/mol. The van der Waals surface area contributed by atoms with E-state index in [1.165, 1.54) is 0 Å². The number of nitrogens with zero attached hydrogens (tertiary/aromatic N) is 2. The van der Waals surface area contributed by atoms with Gasteiger partial charge in [-0.3, -0.25) is 14.8 Å². The Morgan fingerprint density at radius 3 is 2.60 bits per heavy atom. The van der Waals surface area contributed by atoms with Gasteiger partial charge < -0.3 is 0 Å². The molecule has 0 radical (unpaired) electrons. The van der Waals surface area contributed by atoms with Crippen molar-refractivity contribution in [2.24, 2.45) is 0 Å². The standard InChI is InChI=1S/C17H14N2O/c1-11-6-7-12(2)14(10-11)17(20)13-4-3-5-15-16(13)19-9-8-18-15/h3-10H,1-2H3. The third-order valence-electron chi connectivity index (χ3n) is 3.38. The molecule has 0 aliphatic carbocycles. The van der Waals surface area contributed by atoms with Gasteiger partial charge >= 0.3 is 0 Å². The first-order chi connectivity index (χ1) is 9.66. The van der Waals surface area contributed by atoms with Crippen molar-refractivity contribution in [1.29, 1.82) is 0 Å². The zero-order valence-corrected chi connectivity index (χ0v) is 11.4. The Kier molecular flexibility index (Phi) is 3.03. The van der Waals surface area contributed by atoms with E-state index in [0.717, 1.165) is 22.2 Å². The third kappa shape index (κ3) is 2.07. The number of hydrogen-bond donors (Lipinski definition) is 0. The van der Waals surface area contributed by atoms with Gasteiger partial charge in [-0.15, -0.1) is 0 Å². The molecule has 0 unspecified atom stereocenters. The van der Waals surface area contributed by atoms with Gasteiger partial charge in [-0.2, -0.15) is 0 Å². The number of hydrogen-bond acceptors (Lipinski definition) is 3. The van der Waals surface area contributed by atoms with Gasteiger partial charge in [0.2, 0.25) is 0 Å². The van der Waals surface area contributed by atoms with Crippen LogP contribution in [0.4, 0.5) is 0 Å². The molecule has 0 fully saturated rings. The minimum absolute atomic E-state index is 0.00250. The van der Waals surface area contributed by atoms with E-state index >= 15 is 0 Å². The fraction of sp³-hybridized carbons (Fsp3) is 0.118. The first-order valence-electron chi connectivity index (χ1n) is 6.48. The fourth-order valence-corrected chi connectivity index (χ4v) is 2.30. The van der Waals surface area contributed by atoms with E-state index in [9.17, 15) is 4.79 Å². The highest BCUT2D eigenvalue weighted by molar-refractivity contribution is 6.15. The molecule has 98 valence electrons. The average molecular weight is 262 g/mol. The molecule has 3 heteroatoms. The summed E-state index contributed by atoms with van der Waals surface area (Å²) in [6.07, 6.45) is 3.25. The molecule has 0 saturated carbocycles. The molecule has 0 amide bonds.